The molecule has 10 nitrogen and oxygen atoms in total. The zero-order valence-corrected chi connectivity index (χ0v) is 23.4. The number of halogens is 1. The normalized spacial score (nSPS) is 17.5. The molecule has 1 aromatic heterocycles. The summed E-state index contributed by atoms with van der Waals surface area (Å²) in [5, 5.41) is 0. The van der Waals surface area contributed by atoms with Gasteiger partial charge in [0.15, 0.2) is 0 Å². The fourth-order valence-corrected chi connectivity index (χ4v) is 9.79. The number of aromatic nitrogens is 2. The third-order valence-electron chi connectivity index (χ3n) is 5.45. The molecule has 0 saturated carbocycles. The Balaban J connectivity index is 1.43. The van der Waals surface area contributed by atoms with E-state index in [0.717, 1.165) is 22.1 Å². The molecule has 0 aliphatic carbocycles. The molecule has 0 atom stereocenters. The van der Waals surface area contributed by atoms with Gasteiger partial charge in [-0.3, -0.25) is 0 Å². The number of fused-ring (bicyclic) bond motifs is 1. The fraction of sp³-hybridized carbons (Fsp3) is 0.478. The SMILES string of the molecule is CN(C)S(=O)(=O)c1ccc(Oc2ncnc3c2C=NI3C2CCN(C(=O)OC(C)(C)C)CC2)cc1. The second-order valence-corrected chi connectivity index (χ2v) is 16.6. The zero-order valence-electron chi connectivity index (χ0n) is 20.4. The van der Waals surface area contributed by atoms with Crippen LogP contribution in [-0.4, -0.2) is 76.6 Å². The van der Waals surface area contributed by atoms with Gasteiger partial charge in [-0.05, 0) is 0 Å². The maximum absolute atomic E-state index is 12.4. The van der Waals surface area contributed by atoms with Gasteiger partial charge in [0.1, 0.15) is 0 Å². The molecule has 1 aromatic carbocycles. The van der Waals surface area contributed by atoms with Crippen molar-refractivity contribution in [2.45, 2.75) is 48.0 Å². The van der Waals surface area contributed by atoms with Gasteiger partial charge in [-0.2, -0.15) is 0 Å². The molecule has 0 radical (unpaired) electrons. The van der Waals surface area contributed by atoms with E-state index in [1.807, 2.05) is 20.8 Å². The molecule has 4 rings (SSSR count). The van der Waals surface area contributed by atoms with Gasteiger partial charge >= 0.3 is 214 Å². The van der Waals surface area contributed by atoms with Crippen LogP contribution in [0.2, 0.25) is 0 Å². The van der Waals surface area contributed by atoms with Gasteiger partial charge in [0, 0.05) is 0 Å². The van der Waals surface area contributed by atoms with E-state index in [9.17, 15) is 13.2 Å². The van der Waals surface area contributed by atoms with Crippen LogP contribution in [-0.2, 0) is 14.8 Å². The van der Waals surface area contributed by atoms with Gasteiger partial charge in [0.25, 0.3) is 0 Å². The van der Waals surface area contributed by atoms with Gasteiger partial charge in [-0.15, -0.1) is 0 Å². The van der Waals surface area contributed by atoms with Crippen LogP contribution in [0.3, 0.4) is 0 Å². The molecule has 0 N–H and O–H groups in total. The Morgan fingerprint density at radius 1 is 1.11 bits per heavy atom. The van der Waals surface area contributed by atoms with Gasteiger partial charge in [0.05, 0.1) is 0 Å². The molecular weight excluding hydrogens is 585 g/mol. The molecule has 3 heterocycles. The average molecular weight is 615 g/mol. The summed E-state index contributed by atoms with van der Waals surface area (Å²) in [6.45, 7) is 6.91. The van der Waals surface area contributed by atoms with Crippen LogP contribution < -0.4 is 4.74 Å². The first-order chi connectivity index (χ1) is 16.5. The zero-order chi connectivity index (χ0) is 25.4. The number of alkyl halides is 1. The summed E-state index contributed by atoms with van der Waals surface area (Å²) in [4.78, 5) is 23.2. The Morgan fingerprint density at radius 3 is 2.37 bits per heavy atom. The summed E-state index contributed by atoms with van der Waals surface area (Å²) < 4.78 is 43.4. The molecule has 2 aliphatic heterocycles. The van der Waals surface area contributed by atoms with E-state index in [-0.39, 0.29) is 11.0 Å². The molecule has 2 aromatic rings. The van der Waals surface area contributed by atoms with Crippen molar-refractivity contribution in [3.63, 3.8) is 0 Å². The Labute approximate surface area is 213 Å². The molecule has 1 fully saturated rings. The number of hydrogen-bond donors (Lipinski definition) is 0. The van der Waals surface area contributed by atoms with Crippen molar-refractivity contribution < 1.29 is 22.7 Å². The Morgan fingerprint density at radius 2 is 1.77 bits per heavy atom. The van der Waals surface area contributed by atoms with E-state index in [4.69, 9.17) is 12.7 Å². The van der Waals surface area contributed by atoms with Crippen LogP contribution in [0.15, 0.2) is 38.7 Å². The summed E-state index contributed by atoms with van der Waals surface area (Å²) in [7, 11) is -0.526. The maximum atomic E-state index is 12.4. The minimum atomic E-state index is -3.51. The molecule has 1 amide bonds. The van der Waals surface area contributed by atoms with Gasteiger partial charge in [0.2, 0.25) is 0 Å². The molecule has 0 spiro atoms. The van der Waals surface area contributed by atoms with Crippen LogP contribution in [0.25, 0.3) is 0 Å². The third-order valence-corrected chi connectivity index (χ3v) is 13.0. The standard InChI is InChI=1S/C23H30IN5O5S/c1-23(2,3)34-22(30)29-12-10-16(11-13-29)24-20-19(14-27-24)21(26-15-25-20)33-17-6-8-18(9-7-17)35(31,32)28(4)5/h6-9,14-16H,10-13H2,1-5H3. The first-order valence-electron chi connectivity index (χ1n) is 11.2. The number of rotatable bonds is 5. The first kappa shape index (κ1) is 25.8. The Kier molecular flexibility index (Phi) is 7.34. The van der Waals surface area contributed by atoms with Crippen molar-refractivity contribution in [1.29, 1.82) is 0 Å². The summed E-state index contributed by atoms with van der Waals surface area (Å²) in [6, 6.07) is 6.24. The average Bonchev–Trinajstić information content (AvgIpc) is 3.23. The van der Waals surface area contributed by atoms with Crippen LogP contribution in [0, 0.1) is 3.70 Å². The number of likely N-dealkylation sites (tertiary alicyclic amines) is 1. The number of carbonyl (C=O) groups excluding carboxylic acids is 1. The minimum absolute atomic E-state index is 0.190. The van der Waals surface area contributed by atoms with E-state index >= 15 is 0 Å². The second-order valence-electron chi connectivity index (χ2n) is 9.40. The molecule has 12 heteroatoms. The molecule has 1 saturated heterocycles. The Bertz CT molecular complexity index is 1220. The van der Waals surface area contributed by atoms with Crippen LogP contribution in [0.5, 0.6) is 11.6 Å². The van der Waals surface area contributed by atoms with Gasteiger partial charge in [-0.1, -0.05) is 0 Å². The summed E-state index contributed by atoms with van der Waals surface area (Å²) >= 11 is -1.98. The quantitative estimate of drug-likeness (QED) is 0.285. The molecule has 2 aliphatic rings. The molecule has 0 unspecified atom stereocenters. The van der Waals surface area contributed by atoms with Crippen molar-refractivity contribution in [1.82, 2.24) is 19.2 Å². The number of benzene rings is 1. The summed E-state index contributed by atoms with van der Waals surface area (Å²) in [6.07, 6.45) is 4.76. The van der Waals surface area contributed by atoms with E-state index < -0.39 is 35.7 Å². The van der Waals surface area contributed by atoms with Crippen LogP contribution >= 0.6 is 20.1 Å². The third kappa shape index (κ3) is 5.75. The van der Waals surface area contributed by atoms with Crippen molar-refractivity contribution in [2.75, 3.05) is 27.2 Å². The second kappa shape index (κ2) is 9.97. The van der Waals surface area contributed by atoms with Crippen molar-refractivity contribution >= 4 is 42.4 Å². The topological polar surface area (TPSA) is 114 Å². The van der Waals surface area contributed by atoms with Crippen LogP contribution in [0.1, 0.15) is 39.2 Å². The molecular formula is C23H30IN5O5S. The number of hydrogen-bond acceptors (Lipinski definition) is 8. The summed E-state index contributed by atoms with van der Waals surface area (Å²) in [5.41, 5.74) is 0.282. The van der Waals surface area contributed by atoms with E-state index in [1.165, 1.54) is 36.9 Å². The number of sulfonamides is 1. The predicted molar refractivity (Wildman–Crippen MR) is 141 cm³/mol. The monoisotopic (exact) mass is 615 g/mol. The number of carbonyl (C=O) groups is 1. The van der Waals surface area contributed by atoms with E-state index in [0.29, 0.717) is 28.6 Å². The first-order valence-corrected chi connectivity index (χ1v) is 15.9. The number of nitrogens with zero attached hydrogens (tertiary/aromatic N) is 5. The van der Waals surface area contributed by atoms with E-state index in [2.05, 4.69) is 9.97 Å². The van der Waals surface area contributed by atoms with Crippen molar-refractivity contribution in [3.8, 4) is 11.6 Å². The number of ether oxygens (including phenoxy) is 2. The van der Waals surface area contributed by atoms with Crippen molar-refractivity contribution in [3.05, 3.63) is 39.9 Å². The fourth-order valence-electron chi connectivity index (χ4n) is 3.64. The molecule has 190 valence electrons. The van der Waals surface area contributed by atoms with Gasteiger partial charge < -0.3 is 0 Å². The van der Waals surface area contributed by atoms with Gasteiger partial charge in [-0.25, -0.2) is 0 Å². The Hall–Kier alpha value is -2.32. The molecule has 35 heavy (non-hydrogen) atoms. The number of amides is 1. The van der Waals surface area contributed by atoms with E-state index in [1.54, 1.807) is 23.2 Å². The number of piperidine rings is 1. The predicted octanol–water partition coefficient (Wildman–Crippen LogP) is 3.94. The van der Waals surface area contributed by atoms with Crippen LogP contribution in [0.4, 0.5) is 4.79 Å². The molecule has 0 bridgehead atoms. The summed E-state index contributed by atoms with van der Waals surface area (Å²) in [5.74, 6) is 0.892. The van der Waals surface area contributed by atoms with Crippen molar-refractivity contribution in [2.24, 2.45) is 3.21 Å².